The standard InChI is InChI=1S/C13H23N3O2/c1-12(2,3)11-14-9(16(6)15-11)7-13(4,5)8-10(17)18/h7-8H2,1-6H3,(H,17,18). The minimum atomic E-state index is -0.779. The minimum Gasteiger partial charge on any atom is -0.481 e. The first kappa shape index (κ1) is 14.7. The van der Waals surface area contributed by atoms with Crippen LogP contribution in [0.4, 0.5) is 0 Å². The van der Waals surface area contributed by atoms with Crippen molar-refractivity contribution in [3.8, 4) is 0 Å². The first-order valence-electron chi connectivity index (χ1n) is 6.13. The van der Waals surface area contributed by atoms with Gasteiger partial charge >= 0.3 is 5.97 Å². The molecule has 0 fully saturated rings. The largest absolute Gasteiger partial charge is 0.481 e. The Balaban J connectivity index is 2.92. The van der Waals surface area contributed by atoms with Gasteiger partial charge in [0.15, 0.2) is 5.82 Å². The van der Waals surface area contributed by atoms with Crippen LogP contribution >= 0.6 is 0 Å². The summed E-state index contributed by atoms with van der Waals surface area (Å²) in [6.45, 7) is 10.1. The normalized spacial score (nSPS) is 12.8. The highest BCUT2D eigenvalue weighted by molar-refractivity contribution is 5.67. The third-order valence-electron chi connectivity index (χ3n) is 2.79. The van der Waals surface area contributed by atoms with Gasteiger partial charge in [0.1, 0.15) is 5.82 Å². The SMILES string of the molecule is Cn1nc(C(C)(C)C)nc1CC(C)(C)CC(=O)O. The lowest BCUT2D eigenvalue weighted by Gasteiger charge is -2.21. The van der Waals surface area contributed by atoms with Crippen molar-refractivity contribution < 1.29 is 9.90 Å². The lowest BCUT2D eigenvalue weighted by atomic mass is 9.85. The second-order valence-electron chi connectivity index (χ2n) is 6.64. The van der Waals surface area contributed by atoms with E-state index in [9.17, 15) is 4.79 Å². The summed E-state index contributed by atoms with van der Waals surface area (Å²) < 4.78 is 1.75. The highest BCUT2D eigenvalue weighted by atomic mass is 16.4. The third kappa shape index (κ3) is 3.82. The Morgan fingerprint density at radius 2 is 1.83 bits per heavy atom. The van der Waals surface area contributed by atoms with Crippen molar-refractivity contribution in [2.75, 3.05) is 0 Å². The second-order valence-corrected chi connectivity index (χ2v) is 6.64. The van der Waals surface area contributed by atoms with Crippen molar-refractivity contribution in [2.24, 2.45) is 12.5 Å². The number of nitrogens with zero attached hydrogens (tertiary/aromatic N) is 3. The summed E-state index contributed by atoms with van der Waals surface area (Å²) >= 11 is 0. The van der Waals surface area contributed by atoms with Gasteiger partial charge in [-0.25, -0.2) is 4.98 Å². The zero-order valence-corrected chi connectivity index (χ0v) is 12.1. The summed E-state index contributed by atoms with van der Waals surface area (Å²) in [5.41, 5.74) is -0.408. The van der Waals surface area contributed by atoms with Crippen LogP contribution in [0.2, 0.25) is 0 Å². The molecule has 0 radical (unpaired) electrons. The summed E-state index contributed by atoms with van der Waals surface area (Å²) in [5.74, 6) is 0.857. The van der Waals surface area contributed by atoms with Crippen molar-refractivity contribution in [2.45, 2.75) is 52.9 Å². The summed E-state index contributed by atoms with van der Waals surface area (Å²) in [6.07, 6.45) is 0.740. The fraction of sp³-hybridized carbons (Fsp3) is 0.769. The number of rotatable bonds is 4. The van der Waals surface area contributed by atoms with Crippen molar-refractivity contribution in [3.63, 3.8) is 0 Å². The average molecular weight is 253 g/mol. The molecule has 1 heterocycles. The molecule has 0 saturated carbocycles. The van der Waals surface area contributed by atoms with Gasteiger partial charge in [-0.3, -0.25) is 9.48 Å². The van der Waals surface area contributed by atoms with Gasteiger partial charge < -0.3 is 5.11 Å². The molecule has 0 atom stereocenters. The molecule has 0 spiro atoms. The van der Waals surface area contributed by atoms with Gasteiger partial charge in [0.25, 0.3) is 0 Å². The van der Waals surface area contributed by atoms with Crippen LogP contribution in [0.15, 0.2) is 0 Å². The first-order valence-corrected chi connectivity index (χ1v) is 6.13. The van der Waals surface area contributed by atoms with E-state index in [0.717, 1.165) is 11.6 Å². The van der Waals surface area contributed by atoms with E-state index in [1.807, 2.05) is 20.9 Å². The van der Waals surface area contributed by atoms with Gasteiger partial charge in [-0.2, -0.15) is 5.10 Å². The lowest BCUT2D eigenvalue weighted by Crippen LogP contribution is -2.21. The van der Waals surface area contributed by atoms with Gasteiger partial charge in [-0.1, -0.05) is 34.6 Å². The Hall–Kier alpha value is -1.39. The number of aliphatic carboxylic acids is 1. The number of aromatic nitrogens is 3. The molecule has 5 nitrogen and oxygen atoms in total. The minimum absolute atomic E-state index is 0.0903. The monoisotopic (exact) mass is 253 g/mol. The van der Waals surface area contributed by atoms with Crippen LogP contribution in [-0.2, 0) is 23.7 Å². The van der Waals surface area contributed by atoms with E-state index in [0.29, 0.717) is 6.42 Å². The van der Waals surface area contributed by atoms with Gasteiger partial charge in [-0.05, 0) is 5.41 Å². The summed E-state index contributed by atoms with van der Waals surface area (Å²) in [7, 11) is 1.86. The second kappa shape index (κ2) is 4.71. The van der Waals surface area contributed by atoms with E-state index in [1.165, 1.54) is 0 Å². The molecule has 0 aliphatic rings. The highest BCUT2D eigenvalue weighted by Gasteiger charge is 2.27. The van der Waals surface area contributed by atoms with Crippen LogP contribution in [0, 0.1) is 5.41 Å². The van der Waals surface area contributed by atoms with E-state index < -0.39 is 5.97 Å². The quantitative estimate of drug-likeness (QED) is 0.892. The number of carboxylic acids is 1. The Bertz CT molecular complexity index is 442. The van der Waals surface area contributed by atoms with Crippen molar-refractivity contribution in [1.29, 1.82) is 0 Å². The Morgan fingerprint density at radius 3 is 2.22 bits per heavy atom. The molecule has 0 bridgehead atoms. The molecule has 0 unspecified atom stereocenters. The van der Waals surface area contributed by atoms with E-state index in [2.05, 4.69) is 30.9 Å². The van der Waals surface area contributed by atoms with Gasteiger partial charge in [0, 0.05) is 18.9 Å². The highest BCUT2D eigenvalue weighted by Crippen LogP contribution is 2.26. The first-order chi connectivity index (χ1) is 8.01. The maximum absolute atomic E-state index is 10.8. The fourth-order valence-electron chi connectivity index (χ4n) is 1.79. The Kier molecular flexibility index (Phi) is 3.84. The molecule has 0 aliphatic heterocycles. The zero-order chi connectivity index (χ0) is 14.1. The van der Waals surface area contributed by atoms with Crippen molar-refractivity contribution in [3.05, 3.63) is 11.6 Å². The number of carbonyl (C=O) groups is 1. The van der Waals surface area contributed by atoms with Crippen LogP contribution in [0.3, 0.4) is 0 Å². The fourth-order valence-corrected chi connectivity index (χ4v) is 1.79. The zero-order valence-electron chi connectivity index (χ0n) is 12.1. The summed E-state index contributed by atoms with van der Waals surface area (Å²) in [5, 5.41) is 13.3. The number of hydrogen-bond acceptors (Lipinski definition) is 3. The maximum atomic E-state index is 10.8. The third-order valence-corrected chi connectivity index (χ3v) is 2.79. The molecule has 5 heteroatoms. The van der Waals surface area contributed by atoms with E-state index in [-0.39, 0.29) is 17.3 Å². The average Bonchev–Trinajstić information content (AvgIpc) is 2.43. The molecular formula is C13H23N3O2. The van der Waals surface area contributed by atoms with Crippen LogP contribution < -0.4 is 0 Å². The topological polar surface area (TPSA) is 68.0 Å². The molecule has 0 aliphatic carbocycles. The molecule has 1 rings (SSSR count). The van der Waals surface area contributed by atoms with Crippen LogP contribution in [0.25, 0.3) is 0 Å². The molecule has 1 aromatic heterocycles. The Labute approximate surface area is 108 Å². The van der Waals surface area contributed by atoms with Crippen LogP contribution in [-0.4, -0.2) is 25.8 Å². The molecule has 18 heavy (non-hydrogen) atoms. The van der Waals surface area contributed by atoms with Crippen molar-refractivity contribution in [1.82, 2.24) is 14.8 Å². The molecule has 102 valence electrons. The summed E-state index contributed by atoms with van der Waals surface area (Å²) in [4.78, 5) is 15.3. The molecule has 0 aromatic carbocycles. The summed E-state index contributed by atoms with van der Waals surface area (Å²) in [6, 6.07) is 0. The predicted molar refractivity (Wildman–Crippen MR) is 69.4 cm³/mol. The number of hydrogen-bond donors (Lipinski definition) is 1. The molecule has 0 amide bonds. The number of carboxylic acid groups (broad SMARTS) is 1. The van der Waals surface area contributed by atoms with E-state index >= 15 is 0 Å². The predicted octanol–water partition coefficient (Wildman–Crippen LogP) is 2.16. The van der Waals surface area contributed by atoms with Gasteiger partial charge in [-0.15, -0.1) is 0 Å². The van der Waals surface area contributed by atoms with Gasteiger partial charge in [0.2, 0.25) is 0 Å². The molecular weight excluding hydrogens is 230 g/mol. The van der Waals surface area contributed by atoms with E-state index in [1.54, 1.807) is 4.68 Å². The smallest absolute Gasteiger partial charge is 0.303 e. The molecule has 1 N–H and O–H groups in total. The van der Waals surface area contributed by atoms with Crippen molar-refractivity contribution >= 4 is 5.97 Å². The van der Waals surface area contributed by atoms with Gasteiger partial charge in [0.05, 0.1) is 6.42 Å². The lowest BCUT2D eigenvalue weighted by molar-refractivity contribution is -0.139. The maximum Gasteiger partial charge on any atom is 0.303 e. The number of aryl methyl sites for hydroxylation is 1. The van der Waals surface area contributed by atoms with Crippen LogP contribution in [0.1, 0.15) is 52.7 Å². The Morgan fingerprint density at radius 1 is 1.28 bits per heavy atom. The van der Waals surface area contributed by atoms with E-state index in [4.69, 9.17) is 5.11 Å². The van der Waals surface area contributed by atoms with Crippen LogP contribution in [0.5, 0.6) is 0 Å². The molecule has 0 saturated heterocycles. The molecule has 1 aromatic rings.